The van der Waals surface area contributed by atoms with Crippen molar-refractivity contribution in [3.8, 4) is 0 Å². The average molecular weight is 194 g/mol. The van der Waals surface area contributed by atoms with Gasteiger partial charge in [0.15, 0.2) is 5.78 Å². The number of allylic oxidation sites excluding steroid dienone is 1. The molecule has 1 saturated carbocycles. The van der Waals surface area contributed by atoms with Crippen molar-refractivity contribution in [3.05, 3.63) is 12.2 Å². The SMILES string of the molecule is C=C(C)C(=O)CC1(CC)CCCCC1. The third-order valence-corrected chi connectivity index (χ3v) is 3.68. The minimum Gasteiger partial charge on any atom is -0.295 e. The highest BCUT2D eigenvalue weighted by Crippen LogP contribution is 2.42. The summed E-state index contributed by atoms with van der Waals surface area (Å²) in [5.74, 6) is 0.272. The summed E-state index contributed by atoms with van der Waals surface area (Å²) < 4.78 is 0. The summed E-state index contributed by atoms with van der Waals surface area (Å²) in [5, 5.41) is 0. The van der Waals surface area contributed by atoms with Gasteiger partial charge < -0.3 is 0 Å². The molecule has 14 heavy (non-hydrogen) atoms. The number of Topliss-reactive ketones (excluding diaryl/α,β-unsaturated/α-hetero) is 1. The molecule has 1 fully saturated rings. The van der Waals surface area contributed by atoms with Crippen molar-refractivity contribution in [1.82, 2.24) is 0 Å². The predicted octanol–water partition coefficient (Wildman–Crippen LogP) is 3.88. The van der Waals surface area contributed by atoms with Crippen LogP contribution in [0.1, 0.15) is 58.8 Å². The molecular formula is C13H22O. The van der Waals surface area contributed by atoms with E-state index in [1.165, 1.54) is 32.1 Å². The fourth-order valence-electron chi connectivity index (χ4n) is 2.45. The van der Waals surface area contributed by atoms with Gasteiger partial charge in [0.1, 0.15) is 0 Å². The highest BCUT2D eigenvalue weighted by molar-refractivity contribution is 5.94. The molecule has 0 radical (unpaired) electrons. The molecule has 1 aliphatic rings. The molecule has 1 rings (SSSR count). The van der Waals surface area contributed by atoms with Crippen LogP contribution < -0.4 is 0 Å². The first-order chi connectivity index (χ1) is 6.59. The molecule has 0 saturated heterocycles. The van der Waals surface area contributed by atoms with E-state index in [1.54, 1.807) is 0 Å². The molecule has 0 amide bonds. The van der Waals surface area contributed by atoms with E-state index in [9.17, 15) is 4.79 Å². The van der Waals surface area contributed by atoms with Crippen LogP contribution in [0, 0.1) is 5.41 Å². The second-order valence-corrected chi connectivity index (χ2v) is 4.79. The Morgan fingerprint density at radius 2 is 1.86 bits per heavy atom. The molecule has 0 N–H and O–H groups in total. The number of rotatable bonds is 4. The van der Waals surface area contributed by atoms with E-state index in [0.29, 0.717) is 5.41 Å². The van der Waals surface area contributed by atoms with E-state index in [1.807, 2.05) is 6.92 Å². The zero-order valence-electron chi connectivity index (χ0n) is 9.57. The molecule has 0 aliphatic heterocycles. The maximum atomic E-state index is 11.7. The van der Waals surface area contributed by atoms with E-state index in [-0.39, 0.29) is 5.78 Å². The van der Waals surface area contributed by atoms with Gasteiger partial charge in [-0.25, -0.2) is 0 Å². The van der Waals surface area contributed by atoms with Crippen LogP contribution in [0.3, 0.4) is 0 Å². The van der Waals surface area contributed by atoms with E-state index >= 15 is 0 Å². The predicted molar refractivity (Wildman–Crippen MR) is 60.2 cm³/mol. The van der Waals surface area contributed by atoms with Crippen LogP contribution >= 0.6 is 0 Å². The van der Waals surface area contributed by atoms with Gasteiger partial charge in [0.2, 0.25) is 0 Å². The van der Waals surface area contributed by atoms with Crippen molar-refractivity contribution in [2.45, 2.75) is 58.8 Å². The summed E-state index contributed by atoms with van der Waals surface area (Å²) in [4.78, 5) is 11.7. The molecule has 0 atom stereocenters. The van der Waals surface area contributed by atoms with Gasteiger partial charge in [0, 0.05) is 6.42 Å². The summed E-state index contributed by atoms with van der Waals surface area (Å²) in [5.41, 5.74) is 1.04. The second kappa shape index (κ2) is 4.77. The van der Waals surface area contributed by atoms with Crippen molar-refractivity contribution in [3.63, 3.8) is 0 Å². The van der Waals surface area contributed by atoms with Crippen LogP contribution in [0.25, 0.3) is 0 Å². The Kier molecular flexibility index (Phi) is 3.91. The van der Waals surface area contributed by atoms with Gasteiger partial charge in [0.25, 0.3) is 0 Å². The Labute approximate surface area is 87.6 Å². The minimum atomic E-state index is 0.272. The Bertz CT molecular complexity index is 221. The van der Waals surface area contributed by atoms with Crippen molar-refractivity contribution >= 4 is 5.78 Å². The third-order valence-electron chi connectivity index (χ3n) is 3.68. The van der Waals surface area contributed by atoms with Gasteiger partial charge in [-0.15, -0.1) is 0 Å². The summed E-state index contributed by atoms with van der Waals surface area (Å²) in [6.45, 7) is 7.78. The largest absolute Gasteiger partial charge is 0.295 e. The van der Waals surface area contributed by atoms with E-state index in [0.717, 1.165) is 18.4 Å². The fraction of sp³-hybridized carbons (Fsp3) is 0.769. The van der Waals surface area contributed by atoms with Crippen molar-refractivity contribution in [2.24, 2.45) is 5.41 Å². The lowest BCUT2D eigenvalue weighted by atomic mass is 9.69. The Balaban J connectivity index is 2.60. The first-order valence-corrected chi connectivity index (χ1v) is 5.78. The van der Waals surface area contributed by atoms with Crippen molar-refractivity contribution in [1.29, 1.82) is 0 Å². The Morgan fingerprint density at radius 1 is 1.29 bits per heavy atom. The van der Waals surface area contributed by atoms with Crippen LogP contribution in [0.4, 0.5) is 0 Å². The van der Waals surface area contributed by atoms with Crippen LogP contribution in [0.2, 0.25) is 0 Å². The molecular weight excluding hydrogens is 172 g/mol. The van der Waals surface area contributed by atoms with E-state index < -0.39 is 0 Å². The highest BCUT2D eigenvalue weighted by atomic mass is 16.1. The maximum absolute atomic E-state index is 11.7. The molecule has 0 unspecified atom stereocenters. The standard InChI is InChI=1S/C13H22O/c1-4-13(8-6-5-7-9-13)10-12(14)11(2)3/h2,4-10H2,1,3H3. The smallest absolute Gasteiger partial charge is 0.158 e. The molecule has 1 nitrogen and oxygen atoms in total. The average Bonchev–Trinajstić information content (AvgIpc) is 2.19. The first-order valence-electron chi connectivity index (χ1n) is 5.78. The summed E-state index contributed by atoms with van der Waals surface area (Å²) in [7, 11) is 0. The number of carbonyl (C=O) groups excluding carboxylic acids is 1. The third kappa shape index (κ3) is 2.70. The Morgan fingerprint density at radius 3 is 2.29 bits per heavy atom. The van der Waals surface area contributed by atoms with Gasteiger partial charge in [-0.1, -0.05) is 39.2 Å². The molecule has 0 bridgehead atoms. The van der Waals surface area contributed by atoms with Crippen molar-refractivity contribution in [2.75, 3.05) is 0 Å². The lowest BCUT2D eigenvalue weighted by Crippen LogP contribution is -2.26. The highest BCUT2D eigenvalue weighted by Gasteiger charge is 2.32. The van der Waals surface area contributed by atoms with Crippen LogP contribution in [0.5, 0.6) is 0 Å². The van der Waals surface area contributed by atoms with Gasteiger partial charge in [-0.3, -0.25) is 4.79 Å². The molecule has 0 aromatic heterocycles. The monoisotopic (exact) mass is 194 g/mol. The van der Waals surface area contributed by atoms with Crippen LogP contribution in [-0.4, -0.2) is 5.78 Å². The second-order valence-electron chi connectivity index (χ2n) is 4.79. The number of carbonyl (C=O) groups is 1. The Hall–Kier alpha value is -0.590. The molecule has 0 aromatic carbocycles. The first kappa shape index (κ1) is 11.5. The molecule has 1 heteroatoms. The lowest BCUT2D eigenvalue weighted by Gasteiger charge is -2.36. The fourth-order valence-corrected chi connectivity index (χ4v) is 2.45. The minimum absolute atomic E-state index is 0.272. The van der Waals surface area contributed by atoms with Gasteiger partial charge in [-0.05, 0) is 30.8 Å². The van der Waals surface area contributed by atoms with Crippen molar-refractivity contribution < 1.29 is 4.79 Å². The number of hydrogen-bond donors (Lipinski definition) is 0. The van der Waals surface area contributed by atoms with Crippen LogP contribution in [-0.2, 0) is 4.79 Å². The summed E-state index contributed by atoms with van der Waals surface area (Å²) in [6, 6.07) is 0. The summed E-state index contributed by atoms with van der Waals surface area (Å²) >= 11 is 0. The van der Waals surface area contributed by atoms with E-state index in [2.05, 4.69) is 13.5 Å². The van der Waals surface area contributed by atoms with E-state index in [4.69, 9.17) is 0 Å². The molecule has 80 valence electrons. The zero-order chi connectivity index (χ0) is 10.6. The van der Waals surface area contributed by atoms with Gasteiger partial charge in [0.05, 0.1) is 0 Å². The van der Waals surface area contributed by atoms with Crippen LogP contribution in [0.15, 0.2) is 12.2 Å². The number of ketones is 1. The van der Waals surface area contributed by atoms with Gasteiger partial charge >= 0.3 is 0 Å². The normalized spacial score (nSPS) is 20.4. The summed E-state index contributed by atoms with van der Waals surface area (Å²) in [6.07, 6.45) is 8.31. The molecule has 0 spiro atoms. The number of hydrogen-bond acceptors (Lipinski definition) is 1. The molecule has 0 aromatic rings. The lowest BCUT2D eigenvalue weighted by molar-refractivity contribution is -0.118. The quantitative estimate of drug-likeness (QED) is 0.621. The zero-order valence-corrected chi connectivity index (χ0v) is 9.57. The molecule has 1 aliphatic carbocycles. The topological polar surface area (TPSA) is 17.1 Å². The maximum Gasteiger partial charge on any atom is 0.158 e. The van der Waals surface area contributed by atoms with Gasteiger partial charge in [-0.2, -0.15) is 0 Å². The molecule has 0 heterocycles.